The molecule has 1 aliphatic heterocycles. The molecule has 3 rings (SSSR count). The van der Waals surface area contributed by atoms with Crippen molar-refractivity contribution >= 4 is 17.4 Å². The van der Waals surface area contributed by atoms with Gasteiger partial charge in [-0.15, -0.1) is 0 Å². The number of nitrogens with zero attached hydrogens (tertiary/aromatic N) is 1. The van der Waals surface area contributed by atoms with Crippen molar-refractivity contribution in [3.8, 4) is 0 Å². The fourth-order valence-corrected chi connectivity index (χ4v) is 3.07. The predicted molar refractivity (Wildman–Crippen MR) is 85.8 cm³/mol. The third kappa shape index (κ3) is 3.34. The fourth-order valence-electron chi connectivity index (χ4n) is 2.83. The molecule has 0 radical (unpaired) electrons. The van der Waals surface area contributed by atoms with Gasteiger partial charge in [-0.2, -0.15) is 0 Å². The molecule has 2 aromatic rings. The van der Waals surface area contributed by atoms with Crippen LogP contribution in [0.3, 0.4) is 0 Å². The summed E-state index contributed by atoms with van der Waals surface area (Å²) >= 11 is 6.07. The molecule has 0 atom stereocenters. The molecule has 0 N–H and O–H groups in total. The lowest BCUT2D eigenvalue weighted by molar-refractivity contribution is 0.0961. The minimum Gasteiger partial charge on any atom is -0.298 e. The van der Waals surface area contributed by atoms with Crippen LogP contribution in [0.5, 0.6) is 0 Å². The van der Waals surface area contributed by atoms with Crippen molar-refractivity contribution in [1.29, 1.82) is 0 Å². The number of rotatable bonds is 4. The highest BCUT2D eigenvalue weighted by Crippen LogP contribution is 2.20. The number of benzene rings is 2. The maximum absolute atomic E-state index is 12.2. The highest BCUT2D eigenvalue weighted by atomic mass is 35.5. The van der Waals surface area contributed by atoms with Gasteiger partial charge in [0.15, 0.2) is 5.78 Å². The molecule has 0 unspecified atom stereocenters. The monoisotopic (exact) mass is 299 g/mol. The van der Waals surface area contributed by atoms with Gasteiger partial charge in [0, 0.05) is 31.6 Å². The van der Waals surface area contributed by atoms with Crippen LogP contribution in [0.15, 0.2) is 48.5 Å². The van der Waals surface area contributed by atoms with E-state index in [9.17, 15) is 4.79 Å². The second-order valence-corrected chi connectivity index (χ2v) is 5.86. The number of carbonyl (C=O) groups excluding carboxylic acids is 1. The van der Waals surface area contributed by atoms with Gasteiger partial charge >= 0.3 is 0 Å². The van der Waals surface area contributed by atoms with E-state index in [2.05, 4.69) is 29.2 Å². The molecule has 2 aromatic carbocycles. The molecule has 1 heterocycles. The summed E-state index contributed by atoms with van der Waals surface area (Å²) in [5.74, 6) is 0.124. The van der Waals surface area contributed by atoms with E-state index in [1.807, 2.05) is 12.1 Å². The molecular weight excluding hydrogens is 282 g/mol. The van der Waals surface area contributed by atoms with Gasteiger partial charge in [0.25, 0.3) is 0 Å². The zero-order chi connectivity index (χ0) is 14.7. The molecule has 108 valence electrons. The summed E-state index contributed by atoms with van der Waals surface area (Å²) in [6, 6.07) is 15.8. The molecule has 2 nitrogen and oxygen atoms in total. The minimum absolute atomic E-state index is 0.124. The average Bonchev–Trinajstić information content (AvgIpc) is 2.53. The Labute approximate surface area is 130 Å². The third-order valence-electron chi connectivity index (χ3n) is 4.04. The van der Waals surface area contributed by atoms with Crippen LogP contribution in [0.4, 0.5) is 0 Å². The first-order valence-corrected chi connectivity index (χ1v) is 7.69. The van der Waals surface area contributed by atoms with Crippen LogP contribution in [-0.4, -0.2) is 23.8 Å². The van der Waals surface area contributed by atoms with Crippen LogP contribution in [0, 0.1) is 0 Å². The maximum Gasteiger partial charge on any atom is 0.165 e. The zero-order valence-corrected chi connectivity index (χ0v) is 12.6. The summed E-state index contributed by atoms with van der Waals surface area (Å²) < 4.78 is 0. The Hall–Kier alpha value is -1.64. The van der Waals surface area contributed by atoms with Gasteiger partial charge in [-0.1, -0.05) is 48.0 Å². The Morgan fingerprint density at radius 1 is 1.05 bits per heavy atom. The van der Waals surface area contributed by atoms with Gasteiger partial charge in [0.1, 0.15) is 0 Å². The molecule has 1 aliphatic rings. The van der Waals surface area contributed by atoms with Crippen molar-refractivity contribution < 1.29 is 4.79 Å². The maximum atomic E-state index is 12.2. The van der Waals surface area contributed by atoms with Crippen LogP contribution < -0.4 is 0 Å². The first-order valence-electron chi connectivity index (χ1n) is 7.31. The van der Waals surface area contributed by atoms with Gasteiger partial charge in [0.2, 0.25) is 0 Å². The van der Waals surface area contributed by atoms with E-state index < -0.39 is 0 Å². The van der Waals surface area contributed by atoms with Crippen LogP contribution in [0.25, 0.3) is 0 Å². The zero-order valence-electron chi connectivity index (χ0n) is 11.9. The molecule has 0 bridgehead atoms. The normalized spacial score (nSPS) is 14.7. The molecule has 0 saturated heterocycles. The van der Waals surface area contributed by atoms with Gasteiger partial charge in [-0.3, -0.25) is 9.69 Å². The minimum atomic E-state index is 0.124. The molecule has 0 saturated carbocycles. The van der Waals surface area contributed by atoms with Crippen molar-refractivity contribution in [2.75, 3.05) is 13.1 Å². The molecule has 0 fully saturated rings. The largest absolute Gasteiger partial charge is 0.298 e. The molecular formula is C18H18ClNO. The Kier molecular flexibility index (Phi) is 4.37. The fraction of sp³-hybridized carbons (Fsp3) is 0.278. The third-order valence-corrected chi connectivity index (χ3v) is 4.37. The molecule has 0 aliphatic carbocycles. The molecule has 0 aromatic heterocycles. The summed E-state index contributed by atoms with van der Waals surface area (Å²) in [5.41, 5.74) is 3.46. The lowest BCUT2D eigenvalue weighted by Crippen LogP contribution is -2.32. The highest BCUT2D eigenvalue weighted by Gasteiger charge is 2.17. The topological polar surface area (TPSA) is 20.3 Å². The Morgan fingerprint density at radius 3 is 2.57 bits per heavy atom. The van der Waals surface area contributed by atoms with Gasteiger partial charge in [-0.25, -0.2) is 0 Å². The summed E-state index contributed by atoms with van der Waals surface area (Å²) in [6.07, 6.45) is 1.59. The number of Topliss-reactive ketones (excluding diaryl/α,β-unsaturated/α-hetero) is 1. The summed E-state index contributed by atoms with van der Waals surface area (Å²) in [4.78, 5) is 14.6. The van der Waals surface area contributed by atoms with Crippen LogP contribution in [0.2, 0.25) is 5.02 Å². The Morgan fingerprint density at radius 2 is 1.76 bits per heavy atom. The van der Waals surface area contributed by atoms with E-state index in [4.69, 9.17) is 11.6 Å². The number of halogens is 1. The number of carbonyl (C=O) groups is 1. The van der Waals surface area contributed by atoms with Crippen LogP contribution >= 0.6 is 11.6 Å². The van der Waals surface area contributed by atoms with Gasteiger partial charge in [0.05, 0.1) is 5.02 Å². The van der Waals surface area contributed by atoms with Crippen molar-refractivity contribution in [2.45, 2.75) is 19.4 Å². The standard InChI is InChI=1S/C18H18ClNO/c19-17-8-4-3-7-16(17)18(21)10-12-20-11-9-14-5-1-2-6-15(14)13-20/h1-8H,9-13H2. The lowest BCUT2D eigenvalue weighted by atomic mass is 9.99. The van der Waals surface area contributed by atoms with E-state index in [1.54, 1.807) is 12.1 Å². The van der Waals surface area contributed by atoms with Crippen molar-refractivity contribution in [2.24, 2.45) is 0 Å². The quantitative estimate of drug-likeness (QED) is 0.796. The highest BCUT2D eigenvalue weighted by molar-refractivity contribution is 6.33. The Bertz CT molecular complexity index is 653. The van der Waals surface area contributed by atoms with Crippen LogP contribution in [0.1, 0.15) is 27.9 Å². The SMILES string of the molecule is O=C(CCN1CCc2ccccc2C1)c1ccccc1Cl. The molecule has 21 heavy (non-hydrogen) atoms. The lowest BCUT2D eigenvalue weighted by Gasteiger charge is -2.28. The van der Waals surface area contributed by atoms with E-state index in [1.165, 1.54) is 11.1 Å². The predicted octanol–water partition coefficient (Wildman–Crippen LogP) is 3.97. The molecule has 3 heteroatoms. The van der Waals surface area contributed by atoms with Crippen molar-refractivity contribution in [1.82, 2.24) is 4.90 Å². The second kappa shape index (κ2) is 6.42. The Balaban J connectivity index is 1.59. The summed E-state index contributed by atoms with van der Waals surface area (Å²) in [6.45, 7) is 2.75. The van der Waals surface area contributed by atoms with E-state index in [0.29, 0.717) is 17.0 Å². The number of fused-ring (bicyclic) bond motifs is 1. The van der Waals surface area contributed by atoms with E-state index in [0.717, 1.165) is 26.1 Å². The average molecular weight is 300 g/mol. The molecule has 0 amide bonds. The number of ketones is 1. The summed E-state index contributed by atoms with van der Waals surface area (Å²) in [7, 11) is 0. The van der Waals surface area contributed by atoms with Gasteiger partial charge in [-0.05, 0) is 29.7 Å². The molecule has 0 spiro atoms. The first-order chi connectivity index (χ1) is 10.2. The number of hydrogen-bond acceptors (Lipinski definition) is 2. The number of hydrogen-bond donors (Lipinski definition) is 0. The summed E-state index contributed by atoms with van der Waals surface area (Å²) in [5, 5.41) is 0.548. The first kappa shape index (κ1) is 14.3. The van der Waals surface area contributed by atoms with Crippen molar-refractivity contribution in [3.05, 3.63) is 70.2 Å². The second-order valence-electron chi connectivity index (χ2n) is 5.45. The smallest absolute Gasteiger partial charge is 0.165 e. The van der Waals surface area contributed by atoms with Crippen molar-refractivity contribution in [3.63, 3.8) is 0 Å². The van der Waals surface area contributed by atoms with Gasteiger partial charge < -0.3 is 0 Å². The van der Waals surface area contributed by atoms with E-state index >= 15 is 0 Å². The van der Waals surface area contributed by atoms with E-state index in [-0.39, 0.29) is 5.78 Å². The van der Waals surface area contributed by atoms with Crippen LogP contribution in [-0.2, 0) is 13.0 Å².